The molecule has 0 N–H and O–H groups in total. The maximum atomic E-state index is 11.8. The molecule has 0 radical (unpaired) electrons. The lowest BCUT2D eigenvalue weighted by Gasteiger charge is -2.39. The highest BCUT2D eigenvalue weighted by Gasteiger charge is 2.34. The quantitative estimate of drug-likeness (QED) is 0.827. The van der Waals surface area contributed by atoms with E-state index in [2.05, 4.69) is 10.1 Å². The lowest BCUT2D eigenvalue weighted by Crippen LogP contribution is -2.52. The topological polar surface area (TPSA) is 77.7 Å². The first kappa shape index (κ1) is 15.8. The van der Waals surface area contributed by atoms with Gasteiger partial charge < -0.3 is 18.9 Å². The van der Waals surface area contributed by atoms with Gasteiger partial charge in [0.2, 0.25) is 5.89 Å². The van der Waals surface area contributed by atoms with Crippen LogP contribution in [0, 0.1) is 5.92 Å². The van der Waals surface area contributed by atoms with Crippen molar-refractivity contribution in [2.45, 2.75) is 46.3 Å². The van der Waals surface area contributed by atoms with Gasteiger partial charge in [0, 0.05) is 32.0 Å². The van der Waals surface area contributed by atoms with Gasteiger partial charge in [-0.25, -0.2) is 4.79 Å². The van der Waals surface area contributed by atoms with E-state index in [1.165, 1.54) is 0 Å². The van der Waals surface area contributed by atoms with Crippen LogP contribution in [0.1, 0.15) is 39.4 Å². The second-order valence-corrected chi connectivity index (χ2v) is 6.20. The van der Waals surface area contributed by atoms with Crippen LogP contribution in [0.15, 0.2) is 4.52 Å². The van der Waals surface area contributed by atoms with Gasteiger partial charge in [-0.1, -0.05) is 5.16 Å². The van der Waals surface area contributed by atoms with Gasteiger partial charge >= 0.3 is 6.09 Å². The van der Waals surface area contributed by atoms with Crippen molar-refractivity contribution in [3.63, 3.8) is 0 Å². The maximum absolute atomic E-state index is 11.8. The number of nitrogens with zero attached hydrogens (tertiary/aromatic N) is 3. The first-order valence-corrected chi connectivity index (χ1v) is 7.24. The van der Waals surface area contributed by atoms with Crippen molar-refractivity contribution in [1.29, 1.82) is 0 Å². The highest BCUT2D eigenvalue weighted by Crippen LogP contribution is 2.22. The molecule has 7 nitrogen and oxygen atoms in total. The fourth-order valence-corrected chi connectivity index (χ4v) is 2.05. The van der Waals surface area contributed by atoms with Crippen molar-refractivity contribution in [2.75, 3.05) is 19.7 Å². The van der Waals surface area contributed by atoms with Gasteiger partial charge in [-0.05, 0) is 27.7 Å². The van der Waals surface area contributed by atoms with Crippen molar-refractivity contribution in [3.05, 3.63) is 11.7 Å². The zero-order valence-corrected chi connectivity index (χ0v) is 13.1. The van der Waals surface area contributed by atoms with E-state index in [1.54, 1.807) is 4.90 Å². The predicted molar refractivity (Wildman–Crippen MR) is 74.6 cm³/mol. The molecule has 21 heavy (non-hydrogen) atoms. The van der Waals surface area contributed by atoms with Crippen LogP contribution in [0.4, 0.5) is 4.79 Å². The Morgan fingerprint density at radius 3 is 2.76 bits per heavy atom. The zero-order chi connectivity index (χ0) is 15.5. The van der Waals surface area contributed by atoms with E-state index >= 15 is 0 Å². The third-order valence-electron chi connectivity index (χ3n) is 3.02. The molecule has 0 saturated carbocycles. The summed E-state index contributed by atoms with van der Waals surface area (Å²) < 4.78 is 15.7. The Morgan fingerprint density at radius 2 is 2.14 bits per heavy atom. The summed E-state index contributed by atoms with van der Waals surface area (Å²) in [4.78, 5) is 17.7. The molecule has 1 amide bonds. The molecule has 0 aliphatic carbocycles. The number of rotatable bonds is 5. The Hall–Kier alpha value is -1.63. The van der Waals surface area contributed by atoms with Crippen LogP contribution in [0.2, 0.25) is 0 Å². The third kappa shape index (κ3) is 4.70. The molecule has 2 heterocycles. The second-order valence-electron chi connectivity index (χ2n) is 6.20. The van der Waals surface area contributed by atoms with Crippen LogP contribution < -0.4 is 0 Å². The summed E-state index contributed by atoms with van der Waals surface area (Å²) >= 11 is 0. The molecule has 0 bridgehead atoms. The molecule has 1 aliphatic heterocycles. The minimum Gasteiger partial charge on any atom is -0.444 e. The van der Waals surface area contributed by atoms with Crippen LogP contribution in [0.3, 0.4) is 0 Å². The van der Waals surface area contributed by atoms with E-state index in [-0.39, 0.29) is 6.09 Å². The van der Waals surface area contributed by atoms with Gasteiger partial charge in [0.1, 0.15) is 12.2 Å². The van der Waals surface area contributed by atoms with Gasteiger partial charge in [0.25, 0.3) is 0 Å². The van der Waals surface area contributed by atoms with Crippen molar-refractivity contribution in [3.8, 4) is 0 Å². The molecule has 0 atom stereocenters. The summed E-state index contributed by atoms with van der Waals surface area (Å²) in [5.41, 5.74) is -0.456. The molecule has 1 saturated heterocycles. The summed E-state index contributed by atoms with van der Waals surface area (Å²) in [5.74, 6) is 1.51. The number of ether oxygens (including phenoxy) is 2. The summed E-state index contributed by atoms with van der Waals surface area (Å²) in [7, 11) is 0. The molecule has 0 unspecified atom stereocenters. The highest BCUT2D eigenvalue weighted by molar-refractivity contribution is 5.69. The van der Waals surface area contributed by atoms with E-state index in [9.17, 15) is 4.79 Å². The minimum atomic E-state index is -0.456. The number of likely N-dealkylation sites (tertiary alicyclic amines) is 1. The molecule has 1 fully saturated rings. The van der Waals surface area contributed by atoms with Crippen molar-refractivity contribution in [1.82, 2.24) is 15.0 Å². The molecule has 0 spiro atoms. The molecule has 7 heteroatoms. The van der Waals surface area contributed by atoms with Gasteiger partial charge in [-0.15, -0.1) is 0 Å². The highest BCUT2D eigenvalue weighted by atomic mass is 16.6. The second kappa shape index (κ2) is 6.43. The van der Waals surface area contributed by atoms with E-state index < -0.39 is 5.60 Å². The summed E-state index contributed by atoms with van der Waals surface area (Å²) in [5, 5.41) is 3.85. The number of carbonyl (C=O) groups excluding carboxylic acids is 1. The third-order valence-corrected chi connectivity index (χ3v) is 3.02. The van der Waals surface area contributed by atoms with Crippen LogP contribution >= 0.6 is 0 Å². The first-order chi connectivity index (χ1) is 9.87. The zero-order valence-electron chi connectivity index (χ0n) is 13.1. The number of hydrogen-bond donors (Lipinski definition) is 0. The molecule has 1 aliphatic rings. The number of aromatic nitrogens is 2. The normalized spacial score (nSPS) is 15.9. The number of carbonyl (C=O) groups is 1. The largest absolute Gasteiger partial charge is 0.444 e. The van der Waals surface area contributed by atoms with Crippen molar-refractivity contribution in [2.24, 2.45) is 5.92 Å². The monoisotopic (exact) mass is 297 g/mol. The Bertz CT molecular complexity index is 475. The smallest absolute Gasteiger partial charge is 0.410 e. The van der Waals surface area contributed by atoms with Gasteiger partial charge in [-0.3, -0.25) is 0 Å². The average Bonchev–Trinajstić information content (AvgIpc) is 2.76. The SMILES string of the molecule is CCOCc1noc(CC2CN(C(=O)OC(C)(C)C)C2)n1. The van der Waals surface area contributed by atoms with Crippen LogP contribution in [-0.4, -0.2) is 46.4 Å². The van der Waals surface area contributed by atoms with Gasteiger partial charge in [0.15, 0.2) is 5.82 Å². The molecule has 0 aromatic carbocycles. The van der Waals surface area contributed by atoms with Crippen molar-refractivity contribution < 1.29 is 18.8 Å². The molecule has 1 aromatic rings. The number of hydrogen-bond acceptors (Lipinski definition) is 6. The molecule has 118 valence electrons. The molecule has 2 rings (SSSR count). The lowest BCUT2D eigenvalue weighted by atomic mass is 9.97. The number of amides is 1. The summed E-state index contributed by atoms with van der Waals surface area (Å²) in [6.45, 7) is 9.82. The Morgan fingerprint density at radius 1 is 1.43 bits per heavy atom. The standard InChI is InChI=1S/C14H23N3O4/c1-5-19-9-11-15-12(21-16-11)6-10-7-17(8-10)13(18)20-14(2,3)4/h10H,5-9H2,1-4H3. The van der Waals surface area contributed by atoms with E-state index in [1.807, 2.05) is 27.7 Å². The summed E-state index contributed by atoms with van der Waals surface area (Å²) in [6, 6.07) is 0. The summed E-state index contributed by atoms with van der Waals surface area (Å²) in [6.07, 6.45) is 0.416. The van der Waals surface area contributed by atoms with E-state index in [4.69, 9.17) is 14.0 Å². The fourth-order valence-electron chi connectivity index (χ4n) is 2.05. The Labute approximate surface area is 124 Å². The predicted octanol–water partition coefficient (Wildman–Crippen LogP) is 2.02. The first-order valence-electron chi connectivity index (χ1n) is 7.24. The van der Waals surface area contributed by atoms with Crippen molar-refractivity contribution >= 4 is 6.09 Å². The van der Waals surface area contributed by atoms with Gasteiger partial charge in [-0.2, -0.15) is 4.98 Å². The van der Waals surface area contributed by atoms with Crippen LogP contribution in [-0.2, 0) is 22.5 Å². The minimum absolute atomic E-state index is 0.263. The molecular formula is C14H23N3O4. The van der Waals surface area contributed by atoms with E-state index in [0.29, 0.717) is 50.4 Å². The lowest BCUT2D eigenvalue weighted by molar-refractivity contribution is -0.00187. The maximum Gasteiger partial charge on any atom is 0.410 e. The molecule has 1 aromatic heterocycles. The fraction of sp³-hybridized carbons (Fsp3) is 0.786. The van der Waals surface area contributed by atoms with Crippen LogP contribution in [0.5, 0.6) is 0 Å². The molecular weight excluding hydrogens is 274 g/mol. The van der Waals surface area contributed by atoms with E-state index in [0.717, 1.165) is 0 Å². The Kier molecular flexibility index (Phi) is 4.82. The van der Waals surface area contributed by atoms with Gasteiger partial charge in [0.05, 0.1) is 0 Å². The Balaban J connectivity index is 1.73. The average molecular weight is 297 g/mol. The van der Waals surface area contributed by atoms with Crippen LogP contribution in [0.25, 0.3) is 0 Å².